The lowest BCUT2D eigenvalue weighted by atomic mass is 10.0. The van der Waals surface area contributed by atoms with Gasteiger partial charge in [0.1, 0.15) is 11.8 Å². The van der Waals surface area contributed by atoms with Gasteiger partial charge < -0.3 is 10.1 Å². The number of benzene rings is 2. The van der Waals surface area contributed by atoms with Crippen LogP contribution >= 0.6 is 11.6 Å². The Balaban J connectivity index is 2.12. The van der Waals surface area contributed by atoms with Crippen molar-refractivity contribution in [1.29, 1.82) is 0 Å². The van der Waals surface area contributed by atoms with E-state index in [0.29, 0.717) is 5.02 Å². The Morgan fingerprint density at radius 3 is 2.07 bits per heavy atom. The molecule has 0 saturated carbocycles. The highest BCUT2D eigenvalue weighted by Gasteiger charge is 2.31. The third kappa shape index (κ3) is 6.91. The molecular weight excluding hydrogens is 433 g/mol. The van der Waals surface area contributed by atoms with Crippen LogP contribution in [0.5, 0.6) is 5.75 Å². The largest absolute Gasteiger partial charge is 0.573 e. The summed E-state index contributed by atoms with van der Waals surface area (Å²) >= 11 is 5.75. The molecule has 2 rings (SSSR count). The van der Waals surface area contributed by atoms with Crippen LogP contribution in [-0.2, 0) is 14.8 Å². The van der Waals surface area contributed by atoms with Gasteiger partial charge in [-0.1, -0.05) is 25.4 Å². The Kier molecular flexibility index (Phi) is 7.15. The maximum absolute atomic E-state index is 12.6. The van der Waals surface area contributed by atoms with E-state index in [1.165, 1.54) is 36.4 Å². The average molecular weight is 451 g/mol. The Morgan fingerprint density at radius 2 is 1.59 bits per heavy atom. The van der Waals surface area contributed by atoms with Crippen LogP contribution in [0.3, 0.4) is 0 Å². The molecule has 158 valence electrons. The van der Waals surface area contributed by atoms with Gasteiger partial charge in [-0.3, -0.25) is 4.79 Å². The second-order valence-electron chi connectivity index (χ2n) is 6.36. The number of ether oxygens (including phenoxy) is 1. The quantitative estimate of drug-likeness (QED) is 0.662. The molecule has 0 radical (unpaired) electrons. The molecule has 0 fully saturated rings. The van der Waals surface area contributed by atoms with Crippen molar-refractivity contribution in [2.75, 3.05) is 5.32 Å². The summed E-state index contributed by atoms with van der Waals surface area (Å²) in [5.74, 6) is -1.52. The second-order valence-corrected chi connectivity index (χ2v) is 8.51. The van der Waals surface area contributed by atoms with Crippen molar-refractivity contribution in [3.05, 3.63) is 53.6 Å². The Hall–Kier alpha value is -2.30. The third-order valence-electron chi connectivity index (χ3n) is 3.71. The first-order valence-electron chi connectivity index (χ1n) is 8.32. The van der Waals surface area contributed by atoms with Crippen LogP contribution in [0.15, 0.2) is 53.4 Å². The summed E-state index contributed by atoms with van der Waals surface area (Å²) in [5, 5.41) is 2.83. The first kappa shape index (κ1) is 23.0. The number of amides is 1. The number of anilines is 1. The normalized spacial score (nSPS) is 13.2. The topological polar surface area (TPSA) is 84.5 Å². The molecule has 29 heavy (non-hydrogen) atoms. The number of alkyl halides is 3. The van der Waals surface area contributed by atoms with E-state index in [9.17, 15) is 26.4 Å². The standard InChI is InChI=1S/C18H18ClF3N2O4S/c1-11(2)16(24-29(26,27)15-9-3-12(19)4-10-15)17(25)23-13-5-7-14(8-6-13)28-18(20,21)22/h3-11,16,24H,1-2H3,(H,23,25). The maximum atomic E-state index is 12.6. The van der Waals surface area contributed by atoms with Gasteiger partial charge in [-0.2, -0.15) is 4.72 Å². The van der Waals surface area contributed by atoms with Gasteiger partial charge in [-0.15, -0.1) is 13.2 Å². The lowest BCUT2D eigenvalue weighted by Gasteiger charge is -2.22. The maximum Gasteiger partial charge on any atom is 0.573 e. The summed E-state index contributed by atoms with van der Waals surface area (Å²) in [5.41, 5.74) is 0.181. The molecule has 1 unspecified atom stereocenters. The third-order valence-corrected chi connectivity index (χ3v) is 5.42. The fraction of sp³-hybridized carbons (Fsp3) is 0.278. The van der Waals surface area contributed by atoms with E-state index in [1.807, 2.05) is 0 Å². The summed E-state index contributed by atoms with van der Waals surface area (Å²) in [4.78, 5) is 12.5. The number of hydrogen-bond acceptors (Lipinski definition) is 4. The Labute approximate surface area is 171 Å². The van der Waals surface area contributed by atoms with Gasteiger partial charge in [-0.25, -0.2) is 8.42 Å². The number of carbonyl (C=O) groups excluding carboxylic acids is 1. The summed E-state index contributed by atoms with van der Waals surface area (Å²) in [6.07, 6.45) is -4.83. The lowest BCUT2D eigenvalue weighted by molar-refractivity contribution is -0.274. The zero-order valence-electron chi connectivity index (χ0n) is 15.3. The highest BCUT2D eigenvalue weighted by Crippen LogP contribution is 2.24. The zero-order chi connectivity index (χ0) is 21.8. The van der Waals surface area contributed by atoms with Gasteiger partial charge in [0.05, 0.1) is 4.90 Å². The molecule has 0 aliphatic carbocycles. The monoisotopic (exact) mass is 450 g/mol. The average Bonchev–Trinajstić information content (AvgIpc) is 2.60. The minimum Gasteiger partial charge on any atom is -0.406 e. The van der Waals surface area contributed by atoms with Gasteiger partial charge in [0.2, 0.25) is 15.9 Å². The number of carbonyl (C=O) groups is 1. The van der Waals surface area contributed by atoms with E-state index < -0.39 is 40.0 Å². The molecule has 11 heteroatoms. The van der Waals surface area contributed by atoms with Gasteiger partial charge in [0.15, 0.2) is 0 Å². The van der Waals surface area contributed by atoms with Crippen molar-refractivity contribution in [3.63, 3.8) is 0 Å². The van der Waals surface area contributed by atoms with Crippen molar-refractivity contribution in [2.45, 2.75) is 31.1 Å². The molecule has 0 aliphatic heterocycles. The van der Waals surface area contributed by atoms with Gasteiger partial charge in [0, 0.05) is 10.7 Å². The minimum absolute atomic E-state index is 0.0611. The van der Waals surface area contributed by atoms with Crippen LogP contribution in [0.1, 0.15) is 13.8 Å². The second kappa shape index (κ2) is 9.02. The SMILES string of the molecule is CC(C)C(NS(=O)(=O)c1ccc(Cl)cc1)C(=O)Nc1ccc(OC(F)(F)F)cc1. The van der Waals surface area contributed by atoms with Crippen molar-refractivity contribution in [1.82, 2.24) is 4.72 Å². The first-order chi connectivity index (χ1) is 13.4. The van der Waals surface area contributed by atoms with Gasteiger partial charge in [0.25, 0.3) is 0 Å². The van der Waals surface area contributed by atoms with E-state index in [2.05, 4.69) is 14.8 Å². The van der Waals surface area contributed by atoms with Crippen LogP contribution in [-0.4, -0.2) is 26.7 Å². The summed E-state index contributed by atoms with van der Waals surface area (Å²) in [6.45, 7) is 3.30. The number of rotatable bonds is 7. The van der Waals surface area contributed by atoms with E-state index in [4.69, 9.17) is 11.6 Å². The molecule has 6 nitrogen and oxygen atoms in total. The Morgan fingerprint density at radius 1 is 1.03 bits per heavy atom. The molecule has 2 aromatic carbocycles. The van der Waals surface area contributed by atoms with Crippen LogP contribution in [0.2, 0.25) is 5.02 Å². The van der Waals surface area contributed by atoms with Crippen molar-refractivity contribution >= 4 is 33.2 Å². The molecule has 0 aliphatic rings. The molecular formula is C18H18ClF3N2O4S. The minimum atomic E-state index is -4.83. The van der Waals surface area contributed by atoms with Crippen molar-refractivity contribution in [2.24, 2.45) is 5.92 Å². The molecule has 0 saturated heterocycles. The van der Waals surface area contributed by atoms with Crippen LogP contribution in [0, 0.1) is 5.92 Å². The lowest BCUT2D eigenvalue weighted by Crippen LogP contribution is -2.47. The highest BCUT2D eigenvalue weighted by molar-refractivity contribution is 7.89. The highest BCUT2D eigenvalue weighted by atomic mass is 35.5. The number of sulfonamides is 1. The molecule has 2 N–H and O–H groups in total. The molecule has 2 aromatic rings. The summed E-state index contributed by atoms with van der Waals surface area (Å²) < 4.78 is 67.8. The fourth-order valence-electron chi connectivity index (χ4n) is 2.30. The predicted octanol–water partition coefficient (Wildman–Crippen LogP) is 4.18. The number of hydrogen-bond donors (Lipinski definition) is 2. The predicted molar refractivity (Wildman–Crippen MR) is 102 cm³/mol. The molecule has 1 amide bonds. The van der Waals surface area contributed by atoms with Crippen LogP contribution < -0.4 is 14.8 Å². The smallest absolute Gasteiger partial charge is 0.406 e. The van der Waals surface area contributed by atoms with Crippen molar-refractivity contribution < 1.29 is 31.1 Å². The van der Waals surface area contributed by atoms with E-state index in [1.54, 1.807) is 13.8 Å². The van der Waals surface area contributed by atoms with Gasteiger partial charge in [-0.05, 0) is 54.4 Å². The number of halogens is 4. The van der Waals surface area contributed by atoms with Crippen molar-refractivity contribution in [3.8, 4) is 5.75 Å². The first-order valence-corrected chi connectivity index (χ1v) is 10.2. The summed E-state index contributed by atoms with van der Waals surface area (Å²) in [6, 6.07) is 8.79. The number of nitrogens with one attached hydrogen (secondary N) is 2. The molecule has 0 aromatic heterocycles. The van der Waals surface area contributed by atoms with E-state index >= 15 is 0 Å². The fourth-order valence-corrected chi connectivity index (χ4v) is 3.77. The molecule has 1 atom stereocenters. The van der Waals surface area contributed by atoms with Gasteiger partial charge >= 0.3 is 6.36 Å². The van der Waals surface area contributed by atoms with E-state index in [-0.39, 0.29) is 10.6 Å². The van der Waals surface area contributed by atoms with E-state index in [0.717, 1.165) is 12.1 Å². The molecule has 0 bridgehead atoms. The van der Waals surface area contributed by atoms with Crippen LogP contribution in [0.4, 0.5) is 18.9 Å². The van der Waals surface area contributed by atoms with Crippen LogP contribution in [0.25, 0.3) is 0 Å². The molecule has 0 spiro atoms. The summed E-state index contributed by atoms with van der Waals surface area (Å²) in [7, 11) is -4.00. The molecule has 0 heterocycles. The Bertz CT molecular complexity index is 947. The zero-order valence-corrected chi connectivity index (χ0v) is 16.9.